The van der Waals surface area contributed by atoms with Gasteiger partial charge in [0, 0.05) is 19.3 Å². The molecule has 0 atom stereocenters. The number of aryl methyl sites for hydroxylation is 1. The second-order valence-electron chi connectivity index (χ2n) is 5.95. The van der Waals surface area contributed by atoms with Crippen LogP contribution in [0.3, 0.4) is 0 Å². The number of imidazole rings is 1. The van der Waals surface area contributed by atoms with Gasteiger partial charge in [0.1, 0.15) is 11.4 Å². The topological polar surface area (TPSA) is 73.7 Å². The number of carbonyl (C=O) groups is 2. The van der Waals surface area contributed by atoms with Gasteiger partial charge in [-0.15, -0.1) is 0 Å². The maximum atomic E-state index is 11.9. The predicted octanol–water partition coefficient (Wildman–Crippen LogP) is 2.12. The Bertz CT molecular complexity index is 505. The van der Waals surface area contributed by atoms with Crippen LogP contribution in [0.25, 0.3) is 0 Å². The molecule has 0 spiro atoms. The van der Waals surface area contributed by atoms with E-state index in [-0.39, 0.29) is 6.09 Å². The van der Waals surface area contributed by atoms with Crippen molar-refractivity contribution < 1.29 is 19.1 Å². The molecule has 1 aliphatic rings. The maximum Gasteiger partial charge on any atom is 0.410 e. The lowest BCUT2D eigenvalue weighted by molar-refractivity contribution is -0.128. The zero-order chi connectivity index (χ0) is 16.8. The Morgan fingerprint density at radius 2 is 2.09 bits per heavy atom. The van der Waals surface area contributed by atoms with Crippen LogP contribution in [-0.2, 0) is 27.4 Å². The number of nitrogens with zero attached hydrogens (tertiary/aromatic N) is 3. The quantitative estimate of drug-likeness (QED) is 0.782. The average molecular weight is 311 g/mol. The number of carbonyl (C=O) groups excluding carboxylic acids is 2. The summed E-state index contributed by atoms with van der Waals surface area (Å²) >= 11 is 0. The minimum atomic E-state index is -0.445. The number of rotatable bonds is 2. The molecule has 1 aliphatic heterocycles. The van der Waals surface area contributed by atoms with Gasteiger partial charge < -0.3 is 14.0 Å². The van der Waals surface area contributed by atoms with Gasteiger partial charge in [0.15, 0.2) is 0 Å². The Morgan fingerprint density at radius 1 is 1.41 bits per heavy atom. The molecule has 0 N–H and O–H groups in total. The minimum Gasteiger partial charge on any atom is -0.468 e. The van der Waals surface area contributed by atoms with E-state index in [1.807, 2.05) is 33.9 Å². The first-order valence-electron chi connectivity index (χ1n) is 7.32. The number of hydrogen-bond acceptors (Lipinski definition) is 5. The summed E-state index contributed by atoms with van der Waals surface area (Å²) in [6.45, 7) is 12.2. The number of aromatic nitrogens is 2. The zero-order valence-electron chi connectivity index (χ0n) is 14.0. The standard InChI is InChI=1S/C12H19N3O2.C3H6O2/c1-9-7-14-5-6-15(8-10(14)13-9)11(16)17-12(2,3)4;1-2-5-3-4/h7H,5-6,8H2,1-4H3;3H,2H2,1H3. The normalized spacial score (nSPS) is 13.6. The fraction of sp³-hybridized carbons (Fsp3) is 0.667. The van der Waals surface area contributed by atoms with Gasteiger partial charge in [-0.2, -0.15) is 0 Å². The lowest BCUT2D eigenvalue weighted by Gasteiger charge is -2.30. The van der Waals surface area contributed by atoms with Crippen molar-refractivity contribution in [2.24, 2.45) is 0 Å². The second-order valence-corrected chi connectivity index (χ2v) is 5.95. The van der Waals surface area contributed by atoms with Crippen molar-refractivity contribution in [2.45, 2.75) is 53.3 Å². The zero-order valence-corrected chi connectivity index (χ0v) is 14.0. The third-order valence-electron chi connectivity index (χ3n) is 2.81. The van der Waals surface area contributed by atoms with E-state index in [1.54, 1.807) is 11.8 Å². The van der Waals surface area contributed by atoms with Gasteiger partial charge in [-0.05, 0) is 34.6 Å². The predicted molar refractivity (Wildman–Crippen MR) is 81.3 cm³/mol. The average Bonchev–Trinajstić information content (AvgIpc) is 2.77. The molecule has 0 fully saturated rings. The van der Waals surface area contributed by atoms with E-state index in [0.717, 1.165) is 18.1 Å². The van der Waals surface area contributed by atoms with Crippen LogP contribution in [0.4, 0.5) is 4.79 Å². The molecule has 2 heterocycles. The van der Waals surface area contributed by atoms with E-state index in [4.69, 9.17) is 4.74 Å². The highest BCUT2D eigenvalue weighted by Gasteiger charge is 2.26. The molecule has 0 saturated carbocycles. The summed E-state index contributed by atoms with van der Waals surface area (Å²) < 4.78 is 11.6. The number of fused-ring (bicyclic) bond motifs is 1. The van der Waals surface area contributed by atoms with Crippen molar-refractivity contribution in [3.05, 3.63) is 17.7 Å². The highest BCUT2D eigenvalue weighted by atomic mass is 16.6. The first-order chi connectivity index (χ1) is 10.3. The van der Waals surface area contributed by atoms with Crippen LogP contribution in [0.15, 0.2) is 6.20 Å². The van der Waals surface area contributed by atoms with Crippen molar-refractivity contribution in [1.29, 1.82) is 0 Å². The molecule has 7 nitrogen and oxygen atoms in total. The first-order valence-corrected chi connectivity index (χ1v) is 7.32. The van der Waals surface area contributed by atoms with Crippen LogP contribution in [0.1, 0.15) is 39.2 Å². The van der Waals surface area contributed by atoms with Gasteiger partial charge in [0.05, 0.1) is 18.8 Å². The van der Waals surface area contributed by atoms with Gasteiger partial charge in [0.25, 0.3) is 6.47 Å². The third-order valence-corrected chi connectivity index (χ3v) is 2.81. The third kappa shape index (κ3) is 5.75. The molecule has 22 heavy (non-hydrogen) atoms. The van der Waals surface area contributed by atoms with Gasteiger partial charge in [0.2, 0.25) is 0 Å². The van der Waals surface area contributed by atoms with Crippen molar-refractivity contribution >= 4 is 12.6 Å². The number of ether oxygens (including phenoxy) is 2. The van der Waals surface area contributed by atoms with Crippen LogP contribution in [0.5, 0.6) is 0 Å². The van der Waals surface area contributed by atoms with Crippen molar-refractivity contribution in [2.75, 3.05) is 13.2 Å². The van der Waals surface area contributed by atoms with E-state index in [2.05, 4.69) is 14.3 Å². The Labute approximate surface area is 131 Å². The molecule has 7 heteroatoms. The van der Waals surface area contributed by atoms with E-state index in [0.29, 0.717) is 26.2 Å². The fourth-order valence-corrected chi connectivity index (χ4v) is 1.95. The SMILES string of the molecule is CCOC=O.Cc1cn2c(n1)CN(C(=O)OC(C)(C)C)CC2. The molecule has 0 bridgehead atoms. The molecular formula is C15H25N3O4. The van der Waals surface area contributed by atoms with Gasteiger partial charge in [-0.3, -0.25) is 9.69 Å². The van der Waals surface area contributed by atoms with Crippen LogP contribution in [-0.4, -0.2) is 45.8 Å². The van der Waals surface area contributed by atoms with E-state index < -0.39 is 5.60 Å². The summed E-state index contributed by atoms with van der Waals surface area (Å²) in [6.07, 6.45) is 1.76. The van der Waals surface area contributed by atoms with Crippen molar-refractivity contribution in [1.82, 2.24) is 14.5 Å². The summed E-state index contributed by atoms with van der Waals surface area (Å²) in [7, 11) is 0. The van der Waals surface area contributed by atoms with Crippen LogP contribution >= 0.6 is 0 Å². The van der Waals surface area contributed by atoms with Crippen molar-refractivity contribution in [3.63, 3.8) is 0 Å². The van der Waals surface area contributed by atoms with Crippen LogP contribution in [0, 0.1) is 6.92 Å². The van der Waals surface area contributed by atoms with E-state index >= 15 is 0 Å². The molecule has 0 aromatic carbocycles. The largest absolute Gasteiger partial charge is 0.468 e. The molecule has 0 unspecified atom stereocenters. The Hall–Kier alpha value is -2.05. The first kappa shape index (κ1) is 18.0. The lowest BCUT2D eigenvalue weighted by atomic mass is 10.2. The highest BCUT2D eigenvalue weighted by Crippen LogP contribution is 2.16. The minimum absolute atomic E-state index is 0.260. The second kappa shape index (κ2) is 7.82. The van der Waals surface area contributed by atoms with Crippen molar-refractivity contribution in [3.8, 4) is 0 Å². The monoisotopic (exact) mass is 311 g/mol. The maximum absolute atomic E-state index is 11.9. The molecule has 0 saturated heterocycles. The summed E-state index contributed by atoms with van der Waals surface area (Å²) in [5, 5.41) is 0. The number of amides is 1. The molecule has 0 radical (unpaired) electrons. The molecule has 124 valence electrons. The molecule has 2 rings (SSSR count). The summed E-state index contributed by atoms with van der Waals surface area (Å²) in [5.41, 5.74) is 0.547. The van der Waals surface area contributed by atoms with Crippen LogP contribution < -0.4 is 0 Å². The Balaban J connectivity index is 0.000000422. The van der Waals surface area contributed by atoms with E-state index in [9.17, 15) is 9.59 Å². The van der Waals surface area contributed by atoms with E-state index in [1.165, 1.54) is 0 Å². The summed E-state index contributed by atoms with van der Waals surface area (Å²) in [5.74, 6) is 0.930. The molecule has 1 aromatic heterocycles. The molecule has 1 aromatic rings. The van der Waals surface area contributed by atoms with Gasteiger partial charge in [-0.25, -0.2) is 9.78 Å². The Kier molecular flexibility index (Phi) is 6.39. The number of hydrogen-bond donors (Lipinski definition) is 0. The van der Waals surface area contributed by atoms with Gasteiger partial charge in [-0.1, -0.05) is 0 Å². The lowest BCUT2D eigenvalue weighted by Crippen LogP contribution is -2.41. The smallest absolute Gasteiger partial charge is 0.410 e. The summed E-state index contributed by atoms with van der Waals surface area (Å²) in [6, 6.07) is 0. The molecule has 1 amide bonds. The Morgan fingerprint density at radius 3 is 2.59 bits per heavy atom. The fourth-order valence-electron chi connectivity index (χ4n) is 1.95. The highest BCUT2D eigenvalue weighted by molar-refractivity contribution is 5.68. The van der Waals surface area contributed by atoms with Gasteiger partial charge >= 0.3 is 6.09 Å². The molecule has 0 aliphatic carbocycles. The van der Waals surface area contributed by atoms with Crippen LogP contribution in [0.2, 0.25) is 0 Å². The summed E-state index contributed by atoms with van der Waals surface area (Å²) in [4.78, 5) is 27.2. The molecular weight excluding hydrogens is 286 g/mol.